The zero-order valence-corrected chi connectivity index (χ0v) is 10.5. The van der Waals surface area contributed by atoms with Crippen LogP contribution in [-0.4, -0.2) is 11.8 Å². The minimum Gasteiger partial charge on any atom is -0.366 e. The Morgan fingerprint density at radius 3 is 1.69 bits per heavy atom. The van der Waals surface area contributed by atoms with Crippen LogP contribution in [0.25, 0.3) is 0 Å². The van der Waals surface area contributed by atoms with Crippen molar-refractivity contribution < 1.29 is 9.59 Å². The molecule has 0 aromatic heterocycles. The van der Waals surface area contributed by atoms with E-state index in [-0.39, 0.29) is 11.8 Å². The fraction of sp³-hybridized carbons (Fsp3) is 0.500. The lowest BCUT2D eigenvalue weighted by atomic mass is 10.1. The largest absolute Gasteiger partial charge is 0.366 e. The summed E-state index contributed by atoms with van der Waals surface area (Å²) in [6, 6.07) is 0. The second-order valence-corrected chi connectivity index (χ2v) is 3.19. The molecule has 0 rings (SSSR count). The molecule has 2 amide bonds. The predicted molar refractivity (Wildman–Crippen MR) is 66.5 cm³/mol. The lowest BCUT2D eigenvalue weighted by molar-refractivity contribution is -0.115. The van der Waals surface area contributed by atoms with Crippen molar-refractivity contribution in [2.75, 3.05) is 0 Å². The summed E-state index contributed by atoms with van der Waals surface area (Å²) in [5, 5.41) is 0. The average Bonchev–Trinajstić information content (AvgIpc) is 2.24. The highest BCUT2D eigenvalue weighted by atomic mass is 16.1. The first-order chi connectivity index (χ1) is 7.40. The number of hydrogen-bond acceptors (Lipinski definition) is 2. The summed E-state index contributed by atoms with van der Waals surface area (Å²) in [6.07, 6.45) is 5.17. The van der Waals surface area contributed by atoms with Gasteiger partial charge in [-0.2, -0.15) is 0 Å². The van der Waals surface area contributed by atoms with Crippen LogP contribution in [-0.2, 0) is 9.59 Å². The molecule has 92 valence electrons. The lowest BCUT2D eigenvalue weighted by Crippen LogP contribution is -2.13. The van der Waals surface area contributed by atoms with Crippen molar-refractivity contribution in [2.45, 2.75) is 40.5 Å². The monoisotopic (exact) mass is 226 g/mol. The van der Waals surface area contributed by atoms with Gasteiger partial charge in [0.15, 0.2) is 0 Å². The van der Waals surface area contributed by atoms with E-state index in [1.807, 2.05) is 19.9 Å². The Morgan fingerprint density at radius 2 is 1.62 bits per heavy atom. The molecule has 0 spiro atoms. The first-order valence-corrected chi connectivity index (χ1v) is 5.32. The molecule has 4 N–H and O–H groups in total. The molecule has 0 aliphatic heterocycles. The number of amides is 2. The van der Waals surface area contributed by atoms with Crippen molar-refractivity contribution >= 4 is 11.8 Å². The third-order valence-corrected chi connectivity index (χ3v) is 1.97. The molecule has 0 bridgehead atoms. The van der Waals surface area contributed by atoms with Crippen LogP contribution in [0.4, 0.5) is 0 Å². The molecule has 0 unspecified atom stereocenters. The second-order valence-electron chi connectivity index (χ2n) is 3.19. The smallest absolute Gasteiger partial charge is 0.244 e. The van der Waals surface area contributed by atoms with Gasteiger partial charge in [-0.15, -0.1) is 0 Å². The minimum absolute atomic E-state index is 0.292. The topological polar surface area (TPSA) is 86.2 Å². The van der Waals surface area contributed by atoms with Crippen LogP contribution >= 0.6 is 0 Å². The van der Waals surface area contributed by atoms with Gasteiger partial charge >= 0.3 is 0 Å². The van der Waals surface area contributed by atoms with Crippen LogP contribution in [0.1, 0.15) is 40.5 Å². The molecule has 4 nitrogen and oxygen atoms in total. The van der Waals surface area contributed by atoms with Gasteiger partial charge < -0.3 is 11.5 Å². The molecule has 0 atom stereocenters. The normalized spacial score (nSPS) is 11.5. The van der Waals surface area contributed by atoms with E-state index >= 15 is 0 Å². The van der Waals surface area contributed by atoms with Gasteiger partial charge in [0, 0.05) is 11.1 Å². The maximum atomic E-state index is 10.5. The highest BCUT2D eigenvalue weighted by molar-refractivity contribution is 5.91. The van der Waals surface area contributed by atoms with Crippen LogP contribution in [0.15, 0.2) is 23.3 Å². The summed E-state index contributed by atoms with van der Waals surface area (Å²) in [7, 11) is 0. The number of primary amides is 2. The van der Waals surface area contributed by atoms with E-state index in [2.05, 4.69) is 0 Å². The maximum Gasteiger partial charge on any atom is 0.244 e. The van der Waals surface area contributed by atoms with Crippen molar-refractivity contribution in [2.24, 2.45) is 11.5 Å². The van der Waals surface area contributed by atoms with Crippen LogP contribution in [0.5, 0.6) is 0 Å². The first kappa shape index (κ1) is 16.8. The molecule has 0 saturated carbocycles. The van der Waals surface area contributed by atoms with E-state index in [1.165, 1.54) is 0 Å². The summed E-state index contributed by atoms with van der Waals surface area (Å²) >= 11 is 0. The van der Waals surface area contributed by atoms with Crippen LogP contribution < -0.4 is 11.5 Å². The van der Waals surface area contributed by atoms with Crippen LogP contribution in [0.2, 0.25) is 0 Å². The van der Waals surface area contributed by atoms with Crippen molar-refractivity contribution in [3.63, 3.8) is 0 Å². The van der Waals surface area contributed by atoms with Crippen molar-refractivity contribution in [1.82, 2.24) is 0 Å². The van der Waals surface area contributed by atoms with Gasteiger partial charge in [-0.1, -0.05) is 26.0 Å². The maximum absolute atomic E-state index is 10.5. The van der Waals surface area contributed by atoms with Gasteiger partial charge in [-0.25, -0.2) is 0 Å². The Morgan fingerprint density at radius 1 is 1.12 bits per heavy atom. The second kappa shape index (κ2) is 9.96. The Balaban J connectivity index is 0. The van der Waals surface area contributed by atoms with Gasteiger partial charge in [0.2, 0.25) is 11.8 Å². The first-order valence-electron chi connectivity index (χ1n) is 5.32. The fourth-order valence-electron chi connectivity index (χ4n) is 0.808. The molecule has 0 aliphatic rings. The third-order valence-electron chi connectivity index (χ3n) is 1.97. The molecule has 0 heterocycles. The van der Waals surface area contributed by atoms with Crippen molar-refractivity contribution in [1.29, 1.82) is 0 Å². The summed E-state index contributed by atoms with van der Waals surface area (Å²) in [5.41, 5.74) is 11.2. The van der Waals surface area contributed by atoms with E-state index in [0.29, 0.717) is 5.57 Å². The van der Waals surface area contributed by atoms with Crippen molar-refractivity contribution in [3.05, 3.63) is 23.3 Å². The van der Waals surface area contributed by atoms with E-state index in [1.54, 1.807) is 19.9 Å². The summed E-state index contributed by atoms with van der Waals surface area (Å²) in [6.45, 7) is 7.37. The van der Waals surface area contributed by atoms with Gasteiger partial charge in [-0.3, -0.25) is 9.59 Å². The third kappa shape index (κ3) is 8.99. The van der Waals surface area contributed by atoms with E-state index in [9.17, 15) is 9.59 Å². The molecule has 0 aromatic rings. The van der Waals surface area contributed by atoms with E-state index in [4.69, 9.17) is 11.5 Å². The number of rotatable bonds is 4. The average molecular weight is 226 g/mol. The minimum atomic E-state index is -0.345. The SMILES string of the molecule is C/C=C(\C)C(N)=O.CC/C=C(/CC)C(N)=O. The zero-order chi connectivity index (χ0) is 13.1. The van der Waals surface area contributed by atoms with E-state index < -0.39 is 0 Å². The number of hydrogen-bond donors (Lipinski definition) is 2. The Labute approximate surface area is 97.4 Å². The summed E-state index contributed by atoms with van der Waals surface area (Å²) in [4.78, 5) is 20.6. The fourth-order valence-corrected chi connectivity index (χ4v) is 0.808. The zero-order valence-electron chi connectivity index (χ0n) is 10.5. The molecule has 0 aliphatic carbocycles. The number of carbonyl (C=O) groups is 2. The molecule has 0 fully saturated rings. The quantitative estimate of drug-likeness (QED) is 0.714. The highest BCUT2D eigenvalue weighted by Gasteiger charge is 1.97. The Hall–Kier alpha value is -1.58. The number of nitrogens with two attached hydrogens (primary N) is 2. The molecule has 0 radical (unpaired) electrons. The molecule has 0 saturated heterocycles. The van der Waals surface area contributed by atoms with Gasteiger partial charge in [0.05, 0.1) is 0 Å². The van der Waals surface area contributed by atoms with E-state index in [0.717, 1.165) is 18.4 Å². The summed E-state index contributed by atoms with van der Waals surface area (Å²) < 4.78 is 0. The Kier molecular flexibility index (Phi) is 10.5. The number of carbonyl (C=O) groups excluding carboxylic acids is 2. The molecule has 16 heavy (non-hydrogen) atoms. The lowest BCUT2D eigenvalue weighted by Gasteiger charge is -1.94. The molecular weight excluding hydrogens is 204 g/mol. The van der Waals surface area contributed by atoms with Gasteiger partial charge in [0.25, 0.3) is 0 Å². The highest BCUT2D eigenvalue weighted by Crippen LogP contribution is 1.99. The Bertz CT molecular complexity index is 291. The molecule has 4 heteroatoms. The molecule has 0 aromatic carbocycles. The van der Waals surface area contributed by atoms with Gasteiger partial charge in [-0.05, 0) is 26.7 Å². The van der Waals surface area contributed by atoms with Gasteiger partial charge in [0.1, 0.15) is 0 Å². The van der Waals surface area contributed by atoms with Crippen LogP contribution in [0.3, 0.4) is 0 Å². The molecular formula is C12H22N2O2. The number of allylic oxidation sites excluding steroid dienone is 2. The van der Waals surface area contributed by atoms with Crippen molar-refractivity contribution in [3.8, 4) is 0 Å². The standard InChI is InChI=1S/C7H13NO.C5H9NO/c1-3-5-6(4-2)7(8)9;1-3-4(2)5(6)7/h5H,3-4H2,1-2H3,(H2,8,9);3H,1-2H3,(H2,6,7)/b6-5-;4-3+. The predicted octanol–water partition coefficient (Wildman–Crippen LogP) is 1.66. The summed E-state index contributed by atoms with van der Waals surface area (Å²) in [5.74, 6) is -0.637. The van der Waals surface area contributed by atoms with Crippen LogP contribution in [0, 0.1) is 0 Å².